The van der Waals surface area contributed by atoms with Gasteiger partial charge in [-0.15, -0.1) is 5.10 Å². The van der Waals surface area contributed by atoms with Crippen LogP contribution in [0.3, 0.4) is 0 Å². The highest BCUT2D eigenvalue weighted by Gasteiger charge is 2.28. The fourth-order valence-corrected chi connectivity index (χ4v) is 2.59. The fraction of sp³-hybridized carbons (Fsp3) is 0.462. The summed E-state index contributed by atoms with van der Waals surface area (Å²) in [4.78, 5) is 24.0. The number of hydrazone groups is 1. The quantitative estimate of drug-likeness (QED) is 0.578. The Morgan fingerprint density at radius 1 is 1.52 bits per heavy atom. The van der Waals surface area contributed by atoms with Crippen LogP contribution in [0.1, 0.15) is 23.0 Å². The van der Waals surface area contributed by atoms with Gasteiger partial charge >= 0.3 is 0 Å². The first-order valence-corrected chi connectivity index (χ1v) is 7.31. The van der Waals surface area contributed by atoms with Gasteiger partial charge in [-0.1, -0.05) is 5.21 Å². The zero-order valence-electron chi connectivity index (χ0n) is 12.6. The fourth-order valence-electron chi connectivity index (χ4n) is 2.59. The highest BCUT2D eigenvalue weighted by molar-refractivity contribution is 5.93. The Morgan fingerprint density at radius 2 is 2.39 bits per heavy atom. The van der Waals surface area contributed by atoms with E-state index in [0.29, 0.717) is 12.1 Å². The van der Waals surface area contributed by atoms with E-state index in [2.05, 4.69) is 36.4 Å². The molecular weight excluding hydrogens is 300 g/mol. The normalized spacial score (nSPS) is 23.2. The van der Waals surface area contributed by atoms with Crippen LogP contribution in [0.2, 0.25) is 0 Å². The van der Waals surface area contributed by atoms with Crippen LogP contribution in [0.5, 0.6) is 0 Å². The molecule has 0 bridgehead atoms. The Morgan fingerprint density at radius 3 is 3.09 bits per heavy atom. The molecule has 1 aromatic rings. The number of amides is 2. The van der Waals surface area contributed by atoms with E-state index in [-0.39, 0.29) is 18.1 Å². The van der Waals surface area contributed by atoms with Crippen molar-refractivity contribution in [2.45, 2.75) is 18.6 Å². The summed E-state index contributed by atoms with van der Waals surface area (Å²) in [6, 6.07) is 0.142. The van der Waals surface area contributed by atoms with Gasteiger partial charge in [0.15, 0.2) is 5.69 Å². The maximum atomic E-state index is 11.5. The van der Waals surface area contributed by atoms with Crippen molar-refractivity contribution in [1.29, 1.82) is 0 Å². The van der Waals surface area contributed by atoms with Gasteiger partial charge in [0.25, 0.3) is 5.91 Å². The maximum absolute atomic E-state index is 11.5. The van der Waals surface area contributed by atoms with Crippen molar-refractivity contribution >= 4 is 18.2 Å². The first-order valence-electron chi connectivity index (χ1n) is 7.31. The van der Waals surface area contributed by atoms with Crippen LogP contribution in [-0.2, 0) is 4.79 Å². The summed E-state index contributed by atoms with van der Waals surface area (Å²) < 4.78 is 1.72. The Bertz CT molecular complexity index is 652. The van der Waals surface area contributed by atoms with Crippen LogP contribution in [-0.4, -0.2) is 64.3 Å². The van der Waals surface area contributed by atoms with Crippen molar-refractivity contribution in [2.75, 3.05) is 20.1 Å². The first-order chi connectivity index (χ1) is 11.2. The van der Waals surface area contributed by atoms with Gasteiger partial charge in [-0.05, 0) is 18.6 Å². The molecular formula is C13H18N8O2. The van der Waals surface area contributed by atoms with E-state index in [1.165, 1.54) is 0 Å². The molecule has 10 heteroatoms. The summed E-state index contributed by atoms with van der Waals surface area (Å²) >= 11 is 0. The molecule has 23 heavy (non-hydrogen) atoms. The summed E-state index contributed by atoms with van der Waals surface area (Å²) in [5.41, 5.74) is 3.17. The van der Waals surface area contributed by atoms with Gasteiger partial charge in [-0.25, -0.2) is 4.68 Å². The van der Waals surface area contributed by atoms with Crippen molar-refractivity contribution in [3.63, 3.8) is 0 Å². The Balaban J connectivity index is 1.61. The molecule has 1 fully saturated rings. The number of nitrogens with zero attached hydrogens (tertiary/aromatic N) is 5. The van der Waals surface area contributed by atoms with E-state index in [1.807, 2.05) is 12.2 Å². The number of aromatic nitrogens is 3. The van der Waals surface area contributed by atoms with Crippen LogP contribution in [0.15, 0.2) is 23.5 Å². The molecule has 10 nitrogen and oxygen atoms in total. The summed E-state index contributed by atoms with van der Waals surface area (Å²) in [6.45, 7) is 1.56. The molecule has 122 valence electrons. The number of hydrogen-bond donors (Lipinski definition) is 3. The summed E-state index contributed by atoms with van der Waals surface area (Å²) in [6.07, 6.45) is 6.61. The zero-order chi connectivity index (χ0) is 16.2. The van der Waals surface area contributed by atoms with E-state index in [4.69, 9.17) is 0 Å². The maximum Gasteiger partial charge on any atom is 0.273 e. The summed E-state index contributed by atoms with van der Waals surface area (Å²) in [7, 11) is 1.56. The van der Waals surface area contributed by atoms with E-state index >= 15 is 0 Å². The van der Waals surface area contributed by atoms with Crippen LogP contribution < -0.4 is 16.1 Å². The van der Waals surface area contributed by atoms with Crippen LogP contribution in [0.25, 0.3) is 0 Å². The van der Waals surface area contributed by atoms with Crippen LogP contribution in [0.4, 0.5) is 0 Å². The third-order valence-electron chi connectivity index (χ3n) is 3.84. The van der Waals surface area contributed by atoms with E-state index in [1.54, 1.807) is 17.9 Å². The van der Waals surface area contributed by atoms with E-state index in [9.17, 15) is 9.59 Å². The molecule has 0 aliphatic carbocycles. The van der Waals surface area contributed by atoms with Crippen molar-refractivity contribution in [3.05, 3.63) is 24.0 Å². The van der Waals surface area contributed by atoms with Gasteiger partial charge in [-0.3, -0.25) is 15.0 Å². The molecule has 0 saturated carbocycles. The third-order valence-corrected chi connectivity index (χ3v) is 3.84. The van der Waals surface area contributed by atoms with Gasteiger partial charge in [0.2, 0.25) is 6.41 Å². The molecule has 2 amide bonds. The molecule has 3 rings (SSSR count). The SMILES string of the molecule is CNC(=O)c1cn(C2CCN(C3=NNC(NC=O)C=C3)C2)nn1. The van der Waals surface area contributed by atoms with Gasteiger partial charge in [0.05, 0.1) is 12.2 Å². The number of likely N-dealkylation sites (tertiary alicyclic amines) is 1. The van der Waals surface area contributed by atoms with Crippen molar-refractivity contribution in [2.24, 2.45) is 5.10 Å². The molecule has 2 aliphatic heterocycles. The van der Waals surface area contributed by atoms with Gasteiger partial charge in [0.1, 0.15) is 12.0 Å². The molecule has 3 N–H and O–H groups in total. The topological polar surface area (TPSA) is 117 Å². The number of rotatable bonds is 4. The molecule has 3 heterocycles. The zero-order valence-corrected chi connectivity index (χ0v) is 12.6. The lowest BCUT2D eigenvalue weighted by atomic mass is 10.3. The summed E-state index contributed by atoms with van der Waals surface area (Å²) in [5, 5.41) is 17.3. The number of carbonyl (C=O) groups is 2. The molecule has 0 spiro atoms. The van der Waals surface area contributed by atoms with Gasteiger partial charge < -0.3 is 15.5 Å². The smallest absolute Gasteiger partial charge is 0.273 e. The lowest BCUT2D eigenvalue weighted by molar-refractivity contribution is -0.110. The molecule has 2 aliphatic rings. The van der Waals surface area contributed by atoms with Gasteiger partial charge in [-0.2, -0.15) is 5.10 Å². The molecule has 0 radical (unpaired) electrons. The Kier molecular flexibility index (Phi) is 4.22. The van der Waals surface area contributed by atoms with E-state index < -0.39 is 0 Å². The average Bonchev–Trinajstić information content (AvgIpc) is 3.24. The highest BCUT2D eigenvalue weighted by Crippen LogP contribution is 2.21. The largest absolute Gasteiger partial charge is 0.354 e. The monoisotopic (exact) mass is 318 g/mol. The Labute approximate surface area is 132 Å². The van der Waals surface area contributed by atoms with Crippen LogP contribution >= 0.6 is 0 Å². The lowest BCUT2D eigenvalue weighted by Crippen LogP contribution is -2.42. The summed E-state index contributed by atoms with van der Waals surface area (Å²) in [5.74, 6) is 0.562. The van der Waals surface area contributed by atoms with Crippen molar-refractivity contribution < 1.29 is 9.59 Å². The van der Waals surface area contributed by atoms with Crippen LogP contribution in [0, 0.1) is 0 Å². The van der Waals surface area contributed by atoms with Crippen molar-refractivity contribution in [3.8, 4) is 0 Å². The predicted octanol–water partition coefficient (Wildman–Crippen LogP) is -1.57. The predicted molar refractivity (Wildman–Crippen MR) is 81.3 cm³/mol. The number of carbonyl (C=O) groups excluding carboxylic acids is 2. The number of amidine groups is 1. The second-order valence-electron chi connectivity index (χ2n) is 5.27. The average molecular weight is 318 g/mol. The number of hydrogen-bond acceptors (Lipinski definition) is 7. The standard InChI is InChI=1S/C13H18N8O2/c1-14-13(23)10-7-21(19-16-10)9-4-5-20(6-9)12-3-2-11(15-8-22)17-18-12/h2-3,7-9,11,17H,4-6H2,1H3,(H,14,23)(H,15,22). The minimum absolute atomic E-state index is 0.142. The van der Waals surface area contributed by atoms with E-state index in [0.717, 1.165) is 25.3 Å². The minimum atomic E-state index is -0.278. The third kappa shape index (κ3) is 3.15. The van der Waals surface area contributed by atoms with Crippen molar-refractivity contribution in [1.82, 2.24) is 36.0 Å². The molecule has 0 aromatic carbocycles. The minimum Gasteiger partial charge on any atom is -0.354 e. The highest BCUT2D eigenvalue weighted by atomic mass is 16.2. The lowest BCUT2D eigenvalue weighted by Gasteiger charge is -2.23. The first kappa shape index (κ1) is 15.0. The number of nitrogens with one attached hydrogen (secondary N) is 3. The second-order valence-corrected chi connectivity index (χ2v) is 5.27. The molecule has 1 aromatic heterocycles. The molecule has 2 unspecified atom stereocenters. The van der Waals surface area contributed by atoms with Gasteiger partial charge in [0, 0.05) is 20.1 Å². The second kappa shape index (κ2) is 6.46. The molecule has 1 saturated heterocycles. The molecule has 2 atom stereocenters. The Hall–Kier alpha value is -2.91.